The number of carbonyl (C=O) groups excluding carboxylic acids is 2. The summed E-state index contributed by atoms with van der Waals surface area (Å²) in [6.07, 6.45) is 3.92. The van der Waals surface area contributed by atoms with Crippen molar-refractivity contribution in [3.05, 3.63) is 29.8 Å². The number of unbranched alkanes of at least 4 members (excludes halogenated alkanes) is 1. The van der Waals surface area contributed by atoms with Gasteiger partial charge in [-0.25, -0.2) is 0 Å². The lowest BCUT2D eigenvalue weighted by Crippen LogP contribution is -2.20. The Balaban J connectivity index is 0. The summed E-state index contributed by atoms with van der Waals surface area (Å²) in [4.78, 5) is 21.2. The third kappa shape index (κ3) is 13.0. The monoisotopic (exact) mass is 323 g/mol. The van der Waals surface area contributed by atoms with Gasteiger partial charge in [0, 0.05) is 11.5 Å². The molecule has 1 aromatic rings. The summed E-state index contributed by atoms with van der Waals surface area (Å²) in [5.41, 5.74) is 10.1. The Morgan fingerprint density at radius 2 is 1.78 bits per heavy atom. The van der Waals surface area contributed by atoms with Crippen LogP contribution in [0.25, 0.3) is 0 Å². The number of primary amides is 1. The van der Waals surface area contributed by atoms with Gasteiger partial charge in [-0.1, -0.05) is 26.7 Å². The second kappa shape index (κ2) is 14.6. The van der Waals surface area contributed by atoms with Gasteiger partial charge < -0.3 is 16.2 Å². The van der Waals surface area contributed by atoms with Crippen LogP contribution in [0.2, 0.25) is 0 Å². The summed E-state index contributed by atoms with van der Waals surface area (Å²) in [7, 11) is 1.60. The molecular formula is C17H29N3O3. The van der Waals surface area contributed by atoms with Crippen molar-refractivity contribution in [3.8, 4) is 5.75 Å². The fraction of sp³-hybridized carbons (Fsp3) is 0.471. The van der Waals surface area contributed by atoms with Crippen molar-refractivity contribution >= 4 is 18.0 Å². The Hall–Kier alpha value is -2.37. The van der Waals surface area contributed by atoms with Crippen molar-refractivity contribution in [2.75, 3.05) is 7.11 Å². The van der Waals surface area contributed by atoms with Crippen LogP contribution >= 0.6 is 0 Å². The van der Waals surface area contributed by atoms with E-state index in [9.17, 15) is 9.59 Å². The molecule has 0 bridgehead atoms. The van der Waals surface area contributed by atoms with E-state index >= 15 is 0 Å². The number of hydrogen-bond acceptors (Lipinski definition) is 4. The minimum atomic E-state index is -0.177. The van der Waals surface area contributed by atoms with Gasteiger partial charge in [0.15, 0.2) is 5.78 Å². The Morgan fingerprint density at radius 3 is 2.09 bits per heavy atom. The van der Waals surface area contributed by atoms with Crippen molar-refractivity contribution in [2.24, 2.45) is 17.4 Å². The van der Waals surface area contributed by atoms with Crippen LogP contribution < -0.4 is 16.2 Å². The molecule has 6 nitrogen and oxygen atoms in total. The number of amides is 1. The number of nitrogens with two attached hydrogens (primary N) is 2. The summed E-state index contributed by atoms with van der Waals surface area (Å²) in [5, 5.41) is 5.86. The summed E-state index contributed by atoms with van der Waals surface area (Å²) >= 11 is 0. The maximum atomic E-state index is 10.8. The van der Waals surface area contributed by atoms with Crippen molar-refractivity contribution in [2.45, 2.75) is 40.0 Å². The van der Waals surface area contributed by atoms with Crippen LogP contribution in [0.4, 0.5) is 0 Å². The highest BCUT2D eigenvalue weighted by Gasteiger charge is 2.05. The van der Waals surface area contributed by atoms with E-state index < -0.39 is 0 Å². The molecule has 1 amide bonds. The van der Waals surface area contributed by atoms with Gasteiger partial charge in [0.1, 0.15) is 5.75 Å². The van der Waals surface area contributed by atoms with Crippen LogP contribution in [-0.4, -0.2) is 25.1 Å². The highest BCUT2D eigenvalue weighted by Crippen LogP contribution is 2.11. The molecule has 1 rings (SSSR count). The molecule has 0 radical (unpaired) electrons. The summed E-state index contributed by atoms with van der Waals surface area (Å²) < 4.78 is 4.94. The van der Waals surface area contributed by atoms with Crippen molar-refractivity contribution in [3.63, 3.8) is 0 Å². The van der Waals surface area contributed by atoms with E-state index in [1.807, 2.05) is 6.92 Å². The normalized spacial score (nSPS) is 10.1. The third-order valence-electron chi connectivity index (χ3n) is 2.97. The van der Waals surface area contributed by atoms with Gasteiger partial charge >= 0.3 is 0 Å². The Kier molecular flexibility index (Phi) is 14.5. The number of rotatable bonds is 6. The molecule has 130 valence electrons. The van der Waals surface area contributed by atoms with E-state index in [1.54, 1.807) is 38.3 Å². The van der Waals surface area contributed by atoms with E-state index in [2.05, 4.69) is 12.7 Å². The van der Waals surface area contributed by atoms with Gasteiger partial charge in [-0.2, -0.15) is 0 Å². The second-order valence-corrected chi connectivity index (χ2v) is 4.90. The number of carbonyl (C=O) groups is 2. The number of methoxy groups -OCH3 is 1. The zero-order chi connectivity index (χ0) is 18.3. The lowest BCUT2D eigenvalue weighted by Gasteiger charge is -2.03. The van der Waals surface area contributed by atoms with Crippen molar-refractivity contribution in [1.82, 2.24) is 0 Å². The van der Waals surface area contributed by atoms with Gasteiger partial charge in [0.25, 0.3) is 0 Å². The zero-order valence-electron chi connectivity index (χ0n) is 14.5. The second-order valence-electron chi connectivity index (χ2n) is 4.90. The first-order valence-electron chi connectivity index (χ1n) is 7.48. The Labute approximate surface area is 138 Å². The molecule has 0 saturated carbocycles. The molecule has 0 heterocycles. The predicted molar refractivity (Wildman–Crippen MR) is 93.9 cm³/mol. The SMILES string of the molecule is CCCCC(C)C(N)=O.COc1ccc(C(C)=O)cc1.N=CN. The lowest BCUT2D eigenvalue weighted by molar-refractivity contribution is -0.121. The van der Waals surface area contributed by atoms with Gasteiger partial charge in [-0.15, -0.1) is 0 Å². The first-order chi connectivity index (χ1) is 10.8. The minimum absolute atomic E-state index is 0.0601. The number of Topliss-reactive ketones (excluding diaryl/α,β-unsaturated/α-hetero) is 1. The van der Waals surface area contributed by atoms with Crippen LogP contribution in [0.5, 0.6) is 5.75 Å². The standard InChI is InChI=1S/C9H10O2.C7H15NO.CH4N2/c1-7(10)8-3-5-9(11-2)6-4-8;1-3-4-5-6(2)7(8)9;2-1-3/h3-6H,1-2H3;6H,3-5H2,1-2H3,(H2,8,9);1H,(H3,2,3). The lowest BCUT2D eigenvalue weighted by atomic mass is 10.0. The largest absolute Gasteiger partial charge is 0.497 e. The van der Waals surface area contributed by atoms with Crippen LogP contribution in [0.3, 0.4) is 0 Å². The predicted octanol–water partition coefficient (Wildman–Crippen LogP) is 2.75. The Bertz CT molecular complexity index is 459. The van der Waals surface area contributed by atoms with Gasteiger partial charge in [-0.3, -0.25) is 15.0 Å². The van der Waals surface area contributed by atoms with Crippen LogP contribution in [0.1, 0.15) is 50.4 Å². The molecule has 0 aliphatic heterocycles. The van der Waals surface area contributed by atoms with E-state index in [4.69, 9.17) is 15.9 Å². The molecule has 0 aliphatic rings. The average molecular weight is 323 g/mol. The van der Waals surface area contributed by atoms with Crippen molar-refractivity contribution < 1.29 is 14.3 Å². The molecule has 5 N–H and O–H groups in total. The van der Waals surface area contributed by atoms with Gasteiger partial charge in [0.05, 0.1) is 13.4 Å². The average Bonchev–Trinajstić information content (AvgIpc) is 2.53. The molecule has 0 spiro atoms. The molecular weight excluding hydrogens is 294 g/mol. The van der Waals surface area contributed by atoms with E-state index in [-0.39, 0.29) is 17.6 Å². The zero-order valence-corrected chi connectivity index (χ0v) is 14.5. The number of hydrogen-bond donors (Lipinski definition) is 3. The smallest absolute Gasteiger partial charge is 0.220 e. The number of nitrogens with one attached hydrogen (secondary N) is 1. The fourth-order valence-electron chi connectivity index (χ4n) is 1.48. The molecule has 0 fully saturated rings. The third-order valence-corrected chi connectivity index (χ3v) is 2.97. The summed E-state index contributed by atoms with van der Waals surface area (Å²) in [6, 6.07) is 7.05. The summed E-state index contributed by atoms with van der Waals surface area (Å²) in [5.74, 6) is 0.732. The molecule has 0 aromatic heterocycles. The first-order valence-corrected chi connectivity index (χ1v) is 7.48. The van der Waals surface area contributed by atoms with Crippen LogP contribution in [0, 0.1) is 11.3 Å². The topological polar surface area (TPSA) is 119 Å². The number of benzene rings is 1. The minimum Gasteiger partial charge on any atom is -0.497 e. The molecule has 1 unspecified atom stereocenters. The Morgan fingerprint density at radius 1 is 1.30 bits per heavy atom. The summed E-state index contributed by atoms with van der Waals surface area (Å²) in [6.45, 7) is 5.52. The molecule has 0 aliphatic carbocycles. The van der Waals surface area contributed by atoms with E-state index in [0.717, 1.165) is 31.4 Å². The van der Waals surface area contributed by atoms with E-state index in [0.29, 0.717) is 5.56 Å². The highest BCUT2D eigenvalue weighted by atomic mass is 16.5. The van der Waals surface area contributed by atoms with E-state index in [1.165, 1.54) is 0 Å². The molecule has 23 heavy (non-hydrogen) atoms. The molecule has 0 saturated heterocycles. The van der Waals surface area contributed by atoms with Crippen LogP contribution in [-0.2, 0) is 4.79 Å². The van der Waals surface area contributed by atoms with Crippen LogP contribution in [0.15, 0.2) is 24.3 Å². The van der Waals surface area contributed by atoms with Gasteiger partial charge in [0.2, 0.25) is 5.91 Å². The maximum absolute atomic E-state index is 10.8. The number of ether oxygens (including phenoxy) is 1. The quantitative estimate of drug-likeness (QED) is 0.423. The molecule has 1 aromatic carbocycles. The first kappa shape index (κ1) is 22.9. The van der Waals surface area contributed by atoms with Crippen molar-refractivity contribution in [1.29, 1.82) is 5.41 Å². The fourth-order valence-corrected chi connectivity index (χ4v) is 1.48. The molecule has 6 heteroatoms. The molecule has 1 atom stereocenters. The number of ketones is 1. The van der Waals surface area contributed by atoms with Gasteiger partial charge in [-0.05, 0) is 37.6 Å². The maximum Gasteiger partial charge on any atom is 0.220 e. The highest BCUT2D eigenvalue weighted by molar-refractivity contribution is 5.94.